The first-order chi connectivity index (χ1) is 8.73. The van der Waals surface area contributed by atoms with Crippen LogP contribution in [0.2, 0.25) is 0 Å². The SMILES string of the molecule is O=C(O)C1(CCSc2ccccc2)CCCOC1. The Kier molecular flexibility index (Phi) is 4.66. The largest absolute Gasteiger partial charge is 0.481 e. The Morgan fingerprint density at radius 3 is 2.78 bits per heavy atom. The summed E-state index contributed by atoms with van der Waals surface area (Å²) < 4.78 is 5.36. The van der Waals surface area contributed by atoms with Gasteiger partial charge in [0.2, 0.25) is 0 Å². The zero-order chi connectivity index (χ0) is 12.8. The van der Waals surface area contributed by atoms with Crippen LogP contribution in [-0.2, 0) is 9.53 Å². The van der Waals surface area contributed by atoms with Crippen LogP contribution in [0.5, 0.6) is 0 Å². The van der Waals surface area contributed by atoms with Gasteiger partial charge in [0.15, 0.2) is 0 Å². The van der Waals surface area contributed by atoms with Crippen LogP contribution in [0.4, 0.5) is 0 Å². The van der Waals surface area contributed by atoms with Crippen molar-refractivity contribution in [3.8, 4) is 0 Å². The third kappa shape index (κ3) is 3.27. The van der Waals surface area contributed by atoms with Crippen molar-refractivity contribution in [1.82, 2.24) is 0 Å². The highest BCUT2D eigenvalue weighted by Crippen LogP contribution is 2.35. The van der Waals surface area contributed by atoms with Gasteiger partial charge in [-0.25, -0.2) is 0 Å². The summed E-state index contributed by atoms with van der Waals surface area (Å²) in [6.07, 6.45) is 2.25. The van der Waals surface area contributed by atoms with Gasteiger partial charge in [-0.3, -0.25) is 4.79 Å². The van der Waals surface area contributed by atoms with Gasteiger partial charge in [-0.05, 0) is 37.1 Å². The Labute approximate surface area is 112 Å². The van der Waals surface area contributed by atoms with Crippen molar-refractivity contribution in [1.29, 1.82) is 0 Å². The monoisotopic (exact) mass is 266 g/mol. The van der Waals surface area contributed by atoms with E-state index in [0.29, 0.717) is 19.6 Å². The molecule has 1 aromatic rings. The summed E-state index contributed by atoms with van der Waals surface area (Å²) in [4.78, 5) is 12.6. The molecular formula is C14H18O3S. The lowest BCUT2D eigenvalue weighted by Gasteiger charge is -2.32. The van der Waals surface area contributed by atoms with Crippen molar-refractivity contribution < 1.29 is 14.6 Å². The summed E-state index contributed by atoms with van der Waals surface area (Å²) in [5.74, 6) is 0.107. The van der Waals surface area contributed by atoms with Crippen molar-refractivity contribution in [2.24, 2.45) is 5.41 Å². The molecule has 0 spiro atoms. The average Bonchev–Trinajstić information content (AvgIpc) is 2.41. The van der Waals surface area contributed by atoms with E-state index >= 15 is 0 Å². The number of hydrogen-bond acceptors (Lipinski definition) is 3. The molecule has 3 nitrogen and oxygen atoms in total. The van der Waals surface area contributed by atoms with E-state index in [2.05, 4.69) is 12.1 Å². The molecule has 18 heavy (non-hydrogen) atoms. The average molecular weight is 266 g/mol. The number of aliphatic carboxylic acids is 1. The molecule has 1 fully saturated rings. The molecule has 0 radical (unpaired) electrons. The van der Waals surface area contributed by atoms with Gasteiger partial charge >= 0.3 is 5.97 Å². The van der Waals surface area contributed by atoms with Crippen LogP contribution in [0.15, 0.2) is 35.2 Å². The van der Waals surface area contributed by atoms with Crippen molar-refractivity contribution >= 4 is 17.7 Å². The molecule has 1 N–H and O–H groups in total. The minimum atomic E-state index is -0.712. The zero-order valence-corrected chi connectivity index (χ0v) is 11.1. The maximum absolute atomic E-state index is 11.4. The maximum Gasteiger partial charge on any atom is 0.312 e. The van der Waals surface area contributed by atoms with Gasteiger partial charge in [0.05, 0.1) is 12.0 Å². The quantitative estimate of drug-likeness (QED) is 0.832. The van der Waals surface area contributed by atoms with E-state index in [1.165, 1.54) is 4.90 Å². The van der Waals surface area contributed by atoms with Crippen LogP contribution in [-0.4, -0.2) is 30.0 Å². The van der Waals surface area contributed by atoms with Crippen LogP contribution in [0.1, 0.15) is 19.3 Å². The molecule has 98 valence electrons. The zero-order valence-electron chi connectivity index (χ0n) is 10.3. The topological polar surface area (TPSA) is 46.5 Å². The van der Waals surface area contributed by atoms with Crippen molar-refractivity contribution in [3.63, 3.8) is 0 Å². The molecule has 1 unspecified atom stereocenters. The Hall–Kier alpha value is -1.00. The van der Waals surface area contributed by atoms with Crippen molar-refractivity contribution in [3.05, 3.63) is 30.3 Å². The second-order valence-corrected chi connectivity index (χ2v) is 5.82. The van der Waals surface area contributed by atoms with Gasteiger partial charge in [0.25, 0.3) is 0 Å². The first-order valence-electron chi connectivity index (χ1n) is 6.22. The molecule has 2 rings (SSSR count). The van der Waals surface area contributed by atoms with E-state index < -0.39 is 11.4 Å². The molecule has 1 saturated heterocycles. The van der Waals surface area contributed by atoms with Gasteiger partial charge in [-0.2, -0.15) is 0 Å². The number of ether oxygens (including phenoxy) is 1. The second kappa shape index (κ2) is 6.25. The maximum atomic E-state index is 11.4. The van der Waals surface area contributed by atoms with Gasteiger partial charge in [0, 0.05) is 11.5 Å². The van der Waals surface area contributed by atoms with E-state index in [1.54, 1.807) is 11.8 Å². The lowest BCUT2D eigenvalue weighted by molar-refractivity contribution is -0.157. The minimum Gasteiger partial charge on any atom is -0.481 e. The molecule has 0 aliphatic carbocycles. The van der Waals surface area contributed by atoms with E-state index in [-0.39, 0.29) is 0 Å². The molecule has 0 amide bonds. The summed E-state index contributed by atoms with van der Waals surface area (Å²) in [5.41, 5.74) is -0.667. The first-order valence-corrected chi connectivity index (χ1v) is 7.20. The predicted octanol–water partition coefficient (Wildman–Crippen LogP) is 3.05. The van der Waals surface area contributed by atoms with Crippen LogP contribution >= 0.6 is 11.8 Å². The molecule has 0 aromatic heterocycles. The number of rotatable bonds is 5. The molecule has 1 aliphatic rings. The molecule has 0 bridgehead atoms. The van der Waals surface area contributed by atoms with E-state index in [4.69, 9.17) is 4.74 Å². The van der Waals surface area contributed by atoms with Gasteiger partial charge < -0.3 is 9.84 Å². The third-order valence-electron chi connectivity index (χ3n) is 3.37. The fraction of sp³-hybridized carbons (Fsp3) is 0.500. The number of thioether (sulfide) groups is 1. The number of benzene rings is 1. The Morgan fingerprint density at radius 2 is 2.17 bits per heavy atom. The molecule has 0 saturated carbocycles. The van der Waals surface area contributed by atoms with Gasteiger partial charge in [0.1, 0.15) is 0 Å². The van der Waals surface area contributed by atoms with Gasteiger partial charge in [-0.1, -0.05) is 18.2 Å². The Bertz CT molecular complexity index is 385. The number of carboxylic acid groups (broad SMARTS) is 1. The lowest BCUT2D eigenvalue weighted by atomic mass is 9.80. The molecular weight excluding hydrogens is 248 g/mol. The minimum absolute atomic E-state index is 0.359. The molecule has 1 aliphatic heterocycles. The summed E-state index contributed by atoms with van der Waals surface area (Å²) >= 11 is 1.71. The number of carbonyl (C=O) groups is 1. The lowest BCUT2D eigenvalue weighted by Crippen LogP contribution is -2.39. The Balaban J connectivity index is 1.88. The summed E-state index contributed by atoms with van der Waals surface area (Å²) in [6.45, 7) is 1.05. The molecule has 4 heteroatoms. The summed E-state index contributed by atoms with van der Waals surface area (Å²) in [6, 6.07) is 10.1. The van der Waals surface area contributed by atoms with E-state index in [0.717, 1.165) is 18.6 Å². The number of hydrogen-bond donors (Lipinski definition) is 1. The molecule has 1 heterocycles. The fourth-order valence-electron chi connectivity index (χ4n) is 2.21. The van der Waals surface area contributed by atoms with Crippen molar-refractivity contribution in [2.45, 2.75) is 24.2 Å². The highest BCUT2D eigenvalue weighted by Gasteiger charge is 2.39. The summed E-state index contributed by atoms with van der Waals surface area (Å²) in [7, 11) is 0. The smallest absolute Gasteiger partial charge is 0.312 e. The van der Waals surface area contributed by atoms with Crippen molar-refractivity contribution in [2.75, 3.05) is 19.0 Å². The van der Waals surface area contributed by atoms with Crippen LogP contribution in [0, 0.1) is 5.41 Å². The van der Waals surface area contributed by atoms with E-state index in [9.17, 15) is 9.90 Å². The fourth-order valence-corrected chi connectivity index (χ4v) is 3.28. The molecule has 1 aromatic carbocycles. The highest BCUT2D eigenvalue weighted by molar-refractivity contribution is 7.99. The predicted molar refractivity (Wildman–Crippen MR) is 71.9 cm³/mol. The highest BCUT2D eigenvalue weighted by atomic mass is 32.2. The van der Waals surface area contributed by atoms with Crippen LogP contribution in [0.3, 0.4) is 0 Å². The summed E-state index contributed by atoms with van der Waals surface area (Å²) in [5, 5.41) is 9.40. The van der Waals surface area contributed by atoms with Crippen LogP contribution in [0.25, 0.3) is 0 Å². The standard InChI is InChI=1S/C14H18O3S/c15-13(16)14(7-4-9-17-11-14)8-10-18-12-5-2-1-3-6-12/h1-3,5-6H,4,7-11H2,(H,15,16). The number of carboxylic acids is 1. The first kappa shape index (κ1) is 13.4. The second-order valence-electron chi connectivity index (χ2n) is 4.65. The molecule has 1 atom stereocenters. The normalized spacial score (nSPS) is 23.8. The Morgan fingerprint density at radius 1 is 1.39 bits per heavy atom. The van der Waals surface area contributed by atoms with Crippen LogP contribution < -0.4 is 0 Å². The van der Waals surface area contributed by atoms with E-state index in [1.807, 2.05) is 18.2 Å². The third-order valence-corrected chi connectivity index (χ3v) is 4.38. The van der Waals surface area contributed by atoms with Gasteiger partial charge in [-0.15, -0.1) is 11.8 Å².